The second-order valence-electron chi connectivity index (χ2n) is 4.05. The van der Waals surface area contributed by atoms with Crippen LogP contribution in [0.2, 0.25) is 0 Å². The smallest absolute Gasteiger partial charge is 0.213 e. The molecule has 2 heterocycles. The van der Waals surface area contributed by atoms with Crippen molar-refractivity contribution in [3.8, 4) is 0 Å². The van der Waals surface area contributed by atoms with E-state index in [1.54, 1.807) is 6.07 Å². The maximum Gasteiger partial charge on any atom is 0.213 e. The van der Waals surface area contributed by atoms with E-state index in [1.165, 1.54) is 34.8 Å². The molecule has 0 aliphatic carbocycles. The highest BCUT2D eigenvalue weighted by Crippen LogP contribution is 2.30. The van der Waals surface area contributed by atoms with Gasteiger partial charge in [-0.25, -0.2) is 4.39 Å². The van der Waals surface area contributed by atoms with Gasteiger partial charge in [0.1, 0.15) is 5.82 Å². The molecule has 4 heteroatoms. The maximum absolute atomic E-state index is 13.1. The van der Waals surface area contributed by atoms with Crippen LogP contribution in [0.4, 0.5) is 4.39 Å². The van der Waals surface area contributed by atoms with Crippen LogP contribution < -0.4 is 0 Å². The van der Waals surface area contributed by atoms with Gasteiger partial charge in [0.2, 0.25) is 5.78 Å². The van der Waals surface area contributed by atoms with Gasteiger partial charge in [-0.2, -0.15) is 0 Å². The Bertz CT molecular complexity index is 739. The number of ketones is 1. The molecule has 0 N–H and O–H groups in total. The highest BCUT2D eigenvalue weighted by Gasteiger charge is 2.16. The van der Waals surface area contributed by atoms with E-state index >= 15 is 0 Å². The fourth-order valence-corrected chi connectivity index (χ4v) is 3.81. The van der Waals surface area contributed by atoms with E-state index < -0.39 is 0 Å². The van der Waals surface area contributed by atoms with Crippen molar-refractivity contribution >= 4 is 38.5 Å². The number of aryl methyl sites for hydroxylation is 1. The van der Waals surface area contributed by atoms with E-state index in [2.05, 4.69) is 0 Å². The molecule has 0 amide bonds. The molecule has 0 atom stereocenters. The number of carbonyl (C=O) groups excluding carboxylic acids is 1. The van der Waals surface area contributed by atoms with Gasteiger partial charge < -0.3 is 0 Å². The van der Waals surface area contributed by atoms with Crippen LogP contribution >= 0.6 is 22.7 Å². The molecule has 0 fully saturated rings. The monoisotopic (exact) mass is 276 g/mol. The number of hydrogen-bond donors (Lipinski definition) is 0. The first-order chi connectivity index (χ1) is 8.65. The Morgan fingerprint density at radius 1 is 1.22 bits per heavy atom. The molecule has 0 bridgehead atoms. The van der Waals surface area contributed by atoms with Crippen LogP contribution in [0, 0.1) is 12.7 Å². The second kappa shape index (κ2) is 4.30. The number of fused-ring (bicyclic) bond motifs is 1. The lowest BCUT2D eigenvalue weighted by molar-refractivity contribution is 0.104. The van der Waals surface area contributed by atoms with Gasteiger partial charge in [-0.1, -0.05) is 6.07 Å². The molecule has 90 valence electrons. The van der Waals surface area contributed by atoms with Crippen molar-refractivity contribution in [2.75, 3.05) is 0 Å². The summed E-state index contributed by atoms with van der Waals surface area (Å²) in [5, 5.41) is 2.83. The molecule has 1 aromatic carbocycles. The number of halogens is 1. The van der Waals surface area contributed by atoms with Crippen LogP contribution in [0.15, 0.2) is 35.7 Å². The van der Waals surface area contributed by atoms with Gasteiger partial charge in [0.25, 0.3) is 0 Å². The Hall–Kier alpha value is -1.52. The minimum absolute atomic E-state index is 0.0316. The van der Waals surface area contributed by atoms with E-state index in [0.717, 1.165) is 20.5 Å². The molecule has 0 radical (unpaired) electrons. The summed E-state index contributed by atoms with van der Waals surface area (Å²) in [5.74, 6) is -0.236. The van der Waals surface area contributed by atoms with Gasteiger partial charge in [-0.3, -0.25) is 4.79 Å². The zero-order chi connectivity index (χ0) is 12.7. The van der Waals surface area contributed by atoms with E-state index in [1.807, 2.05) is 24.4 Å². The van der Waals surface area contributed by atoms with Crippen LogP contribution in [0.25, 0.3) is 10.1 Å². The minimum Gasteiger partial charge on any atom is -0.287 e. The molecule has 0 saturated carbocycles. The standard InChI is InChI=1S/C14H9FOS2/c1-8-4-5-17-14(8)13(16)12-6-9-2-3-10(15)7-11(9)18-12/h2-7H,1H3. The summed E-state index contributed by atoms with van der Waals surface area (Å²) in [5.41, 5.74) is 0.994. The molecule has 0 unspecified atom stereocenters. The highest BCUT2D eigenvalue weighted by atomic mass is 32.1. The summed E-state index contributed by atoms with van der Waals surface area (Å²) in [4.78, 5) is 13.7. The number of benzene rings is 1. The number of thiophene rings is 2. The highest BCUT2D eigenvalue weighted by molar-refractivity contribution is 7.22. The quantitative estimate of drug-likeness (QED) is 0.623. The van der Waals surface area contributed by atoms with Crippen LogP contribution in [0.3, 0.4) is 0 Å². The van der Waals surface area contributed by atoms with Crippen LogP contribution in [-0.2, 0) is 0 Å². The number of hydrogen-bond acceptors (Lipinski definition) is 3. The van der Waals surface area contributed by atoms with E-state index in [4.69, 9.17) is 0 Å². The zero-order valence-electron chi connectivity index (χ0n) is 9.57. The molecular formula is C14H9FOS2. The summed E-state index contributed by atoms with van der Waals surface area (Å²) < 4.78 is 13.9. The molecule has 0 aliphatic heterocycles. The van der Waals surface area contributed by atoms with Crippen molar-refractivity contribution < 1.29 is 9.18 Å². The van der Waals surface area contributed by atoms with Gasteiger partial charge in [-0.05, 0) is 47.5 Å². The summed E-state index contributed by atoms with van der Waals surface area (Å²) >= 11 is 2.79. The third-order valence-corrected chi connectivity index (χ3v) is 4.89. The Kier molecular flexibility index (Phi) is 2.76. The lowest BCUT2D eigenvalue weighted by Gasteiger charge is -1.94. The maximum atomic E-state index is 13.1. The normalized spacial score (nSPS) is 11.0. The number of carbonyl (C=O) groups is 1. The molecule has 0 saturated heterocycles. The predicted octanol–water partition coefficient (Wildman–Crippen LogP) is 4.64. The van der Waals surface area contributed by atoms with E-state index in [9.17, 15) is 9.18 Å². The van der Waals surface area contributed by atoms with Gasteiger partial charge in [-0.15, -0.1) is 22.7 Å². The van der Waals surface area contributed by atoms with Crippen molar-refractivity contribution in [2.24, 2.45) is 0 Å². The molecule has 2 aromatic heterocycles. The first-order valence-electron chi connectivity index (χ1n) is 5.43. The van der Waals surface area contributed by atoms with Crippen molar-refractivity contribution in [1.82, 2.24) is 0 Å². The molecule has 3 aromatic rings. The zero-order valence-corrected chi connectivity index (χ0v) is 11.2. The molecule has 0 aliphatic rings. The molecule has 3 rings (SSSR count). The molecular weight excluding hydrogens is 267 g/mol. The largest absolute Gasteiger partial charge is 0.287 e. The summed E-state index contributed by atoms with van der Waals surface area (Å²) in [6.45, 7) is 1.93. The van der Waals surface area contributed by atoms with Crippen molar-refractivity contribution in [2.45, 2.75) is 6.92 Å². The summed E-state index contributed by atoms with van der Waals surface area (Å²) in [6.07, 6.45) is 0. The van der Waals surface area contributed by atoms with Crippen LogP contribution in [0.1, 0.15) is 20.1 Å². The lowest BCUT2D eigenvalue weighted by atomic mass is 10.2. The van der Waals surface area contributed by atoms with E-state index in [-0.39, 0.29) is 11.6 Å². The Morgan fingerprint density at radius 2 is 2.06 bits per heavy atom. The molecule has 1 nitrogen and oxygen atoms in total. The topological polar surface area (TPSA) is 17.1 Å². The first kappa shape index (κ1) is 11.6. The fraction of sp³-hybridized carbons (Fsp3) is 0.0714. The Balaban J connectivity index is 2.10. The van der Waals surface area contributed by atoms with Crippen molar-refractivity contribution in [1.29, 1.82) is 0 Å². The Morgan fingerprint density at radius 3 is 2.78 bits per heavy atom. The fourth-order valence-electron chi connectivity index (χ4n) is 1.83. The summed E-state index contributed by atoms with van der Waals surface area (Å²) in [7, 11) is 0. The van der Waals surface area contributed by atoms with Crippen molar-refractivity contribution in [3.63, 3.8) is 0 Å². The van der Waals surface area contributed by atoms with Gasteiger partial charge >= 0.3 is 0 Å². The third kappa shape index (κ3) is 1.87. The van der Waals surface area contributed by atoms with E-state index in [0.29, 0.717) is 4.88 Å². The predicted molar refractivity (Wildman–Crippen MR) is 74.3 cm³/mol. The SMILES string of the molecule is Cc1ccsc1C(=O)c1cc2ccc(F)cc2s1. The van der Waals surface area contributed by atoms with Crippen LogP contribution in [0.5, 0.6) is 0 Å². The van der Waals surface area contributed by atoms with Gasteiger partial charge in [0.05, 0.1) is 9.75 Å². The number of rotatable bonds is 2. The van der Waals surface area contributed by atoms with Crippen LogP contribution in [-0.4, -0.2) is 5.78 Å². The average Bonchev–Trinajstić information content (AvgIpc) is 2.93. The molecule has 0 spiro atoms. The van der Waals surface area contributed by atoms with Gasteiger partial charge in [0, 0.05) is 4.70 Å². The Labute approximate surface area is 112 Å². The summed E-state index contributed by atoms with van der Waals surface area (Å²) in [6, 6.07) is 8.36. The average molecular weight is 276 g/mol. The minimum atomic E-state index is -0.268. The second-order valence-corrected chi connectivity index (χ2v) is 6.05. The molecule has 18 heavy (non-hydrogen) atoms. The third-order valence-electron chi connectivity index (χ3n) is 2.77. The first-order valence-corrected chi connectivity index (χ1v) is 7.12. The van der Waals surface area contributed by atoms with Gasteiger partial charge in [0.15, 0.2) is 0 Å². The van der Waals surface area contributed by atoms with Crippen molar-refractivity contribution in [3.05, 3.63) is 56.8 Å². The lowest BCUT2D eigenvalue weighted by Crippen LogP contribution is -1.96.